The van der Waals surface area contributed by atoms with Crippen LogP contribution < -0.4 is 5.32 Å². The molecule has 2 aromatic heterocycles. The number of nitrogens with zero attached hydrogens (tertiary/aromatic N) is 2. The van der Waals surface area contributed by atoms with E-state index in [4.69, 9.17) is 9.40 Å². The quantitative estimate of drug-likeness (QED) is 0.328. The molecule has 2 heterocycles. The van der Waals surface area contributed by atoms with Crippen molar-refractivity contribution in [2.24, 2.45) is 0 Å². The van der Waals surface area contributed by atoms with Crippen molar-refractivity contribution in [3.63, 3.8) is 0 Å². The number of imidazole rings is 1. The number of rotatable bonds is 9. The standard InChI is InChI=1S/C24H24BrN3O2/c25-19-13-11-18(12-14-19)17-28-21-8-4-3-7-20(21)27-23(28)10-2-1-5-15-26-24(29)22-9-6-16-30-22/h3-4,6-9,11-14,16H,1-2,5,10,15,17H2,(H,26,29). The molecular formula is C24H24BrN3O2. The SMILES string of the molecule is O=C(NCCCCCc1nc2ccccc2n1Cc1ccc(Br)cc1)c1ccco1. The molecule has 0 saturated carbocycles. The van der Waals surface area contributed by atoms with Crippen molar-refractivity contribution in [2.75, 3.05) is 6.54 Å². The van der Waals surface area contributed by atoms with E-state index < -0.39 is 0 Å². The number of furan rings is 1. The van der Waals surface area contributed by atoms with E-state index in [0.717, 1.165) is 48.0 Å². The van der Waals surface area contributed by atoms with E-state index in [1.165, 1.54) is 17.3 Å². The van der Waals surface area contributed by atoms with Crippen LogP contribution in [0.1, 0.15) is 41.2 Å². The number of aryl methyl sites for hydroxylation is 1. The largest absolute Gasteiger partial charge is 0.459 e. The Labute approximate surface area is 184 Å². The minimum atomic E-state index is -0.156. The number of hydrogen-bond acceptors (Lipinski definition) is 3. The summed E-state index contributed by atoms with van der Waals surface area (Å²) in [6, 6.07) is 20.1. The van der Waals surface area contributed by atoms with Gasteiger partial charge in [0.1, 0.15) is 5.82 Å². The Bertz CT molecular complexity index is 1100. The van der Waals surface area contributed by atoms with Crippen LogP contribution in [0, 0.1) is 0 Å². The van der Waals surface area contributed by atoms with E-state index >= 15 is 0 Å². The number of nitrogens with one attached hydrogen (secondary N) is 1. The maximum absolute atomic E-state index is 11.9. The summed E-state index contributed by atoms with van der Waals surface area (Å²) >= 11 is 3.50. The van der Waals surface area contributed by atoms with Gasteiger partial charge in [-0.1, -0.05) is 46.6 Å². The third kappa shape index (κ3) is 5.00. The van der Waals surface area contributed by atoms with Crippen molar-refractivity contribution < 1.29 is 9.21 Å². The van der Waals surface area contributed by atoms with Crippen molar-refractivity contribution >= 4 is 32.9 Å². The van der Waals surface area contributed by atoms with Crippen LogP contribution in [0.2, 0.25) is 0 Å². The smallest absolute Gasteiger partial charge is 0.286 e. The first-order valence-electron chi connectivity index (χ1n) is 10.2. The molecule has 0 radical (unpaired) electrons. The number of para-hydroxylation sites is 2. The molecule has 2 aromatic carbocycles. The number of halogens is 1. The predicted molar refractivity (Wildman–Crippen MR) is 122 cm³/mol. The zero-order valence-electron chi connectivity index (χ0n) is 16.7. The van der Waals surface area contributed by atoms with Gasteiger partial charge in [0, 0.05) is 24.0 Å². The minimum absolute atomic E-state index is 0.156. The van der Waals surface area contributed by atoms with Gasteiger partial charge in [-0.15, -0.1) is 0 Å². The van der Waals surface area contributed by atoms with E-state index in [1.54, 1.807) is 12.1 Å². The van der Waals surface area contributed by atoms with Crippen molar-refractivity contribution in [1.82, 2.24) is 14.9 Å². The van der Waals surface area contributed by atoms with Gasteiger partial charge in [-0.2, -0.15) is 0 Å². The number of carbonyl (C=O) groups excluding carboxylic acids is 1. The van der Waals surface area contributed by atoms with Crippen molar-refractivity contribution in [3.05, 3.63) is 88.5 Å². The van der Waals surface area contributed by atoms with E-state index in [1.807, 2.05) is 6.07 Å². The van der Waals surface area contributed by atoms with Gasteiger partial charge in [-0.3, -0.25) is 4.79 Å². The topological polar surface area (TPSA) is 60.1 Å². The van der Waals surface area contributed by atoms with E-state index in [-0.39, 0.29) is 5.91 Å². The molecule has 1 N–H and O–H groups in total. The Balaban J connectivity index is 1.34. The molecule has 1 amide bonds. The fourth-order valence-corrected chi connectivity index (χ4v) is 3.81. The molecular weight excluding hydrogens is 442 g/mol. The Morgan fingerprint density at radius 3 is 2.63 bits per heavy atom. The highest BCUT2D eigenvalue weighted by atomic mass is 79.9. The van der Waals surface area contributed by atoms with Crippen molar-refractivity contribution in [2.45, 2.75) is 32.2 Å². The zero-order chi connectivity index (χ0) is 20.8. The fraction of sp³-hybridized carbons (Fsp3) is 0.250. The van der Waals surface area contributed by atoms with Crippen LogP contribution in [0.15, 0.2) is 75.8 Å². The van der Waals surface area contributed by atoms with Crippen LogP contribution >= 0.6 is 15.9 Å². The third-order valence-corrected chi connectivity index (χ3v) is 5.62. The van der Waals surface area contributed by atoms with Crippen molar-refractivity contribution in [1.29, 1.82) is 0 Å². The van der Waals surface area contributed by atoms with Crippen LogP contribution in [0.4, 0.5) is 0 Å². The average Bonchev–Trinajstić information content (AvgIpc) is 3.41. The average molecular weight is 466 g/mol. The molecule has 0 unspecified atom stereocenters. The second kappa shape index (κ2) is 9.76. The highest BCUT2D eigenvalue weighted by Gasteiger charge is 2.11. The van der Waals surface area contributed by atoms with Crippen molar-refractivity contribution in [3.8, 4) is 0 Å². The van der Waals surface area contributed by atoms with Gasteiger partial charge in [-0.25, -0.2) is 4.98 Å². The summed E-state index contributed by atoms with van der Waals surface area (Å²) in [5.74, 6) is 1.31. The van der Waals surface area contributed by atoms with Gasteiger partial charge < -0.3 is 14.3 Å². The van der Waals surface area contributed by atoms with Crippen LogP contribution in [0.3, 0.4) is 0 Å². The van der Waals surface area contributed by atoms with Gasteiger partial charge >= 0.3 is 0 Å². The molecule has 154 valence electrons. The Kier molecular flexibility index (Phi) is 6.64. The molecule has 0 aliphatic rings. The molecule has 30 heavy (non-hydrogen) atoms. The lowest BCUT2D eigenvalue weighted by molar-refractivity contribution is 0.0925. The Morgan fingerprint density at radius 1 is 1.00 bits per heavy atom. The Hall–Kier alpha value is -2.86. The summed E-state index contributed by atoms with van der Waals surface area (Å²) in [4.78, 5) is 16.8. The summed E-state index contributed by atoms with van der Waals surface area (Å²) in [5.41, 5.74) is 3.46. The van der Waals surface area contributed by atoms with Gasteiger partial charge in [0.15, 0.2) is 5.76 Å². The lowest BCUT2D eigenvalue weighted by Crippen LogP contribution is -2.23. The first-order valence-corrected chi connectivity index (χ1v) is 11.0. The number of fused-ring (bicyclic) bond motifs is 1. The van der Waals surface area contributed by atoms with Gasteiger partial charge in [0.05, 0.1) is 17.3 Å². The van der Waals surface area contributed by atoms with Gasteiger partial charge in [0.25, 0.3) is 5.91 Å². The molecule has 0 spiro atoms. The third-order valence-electron chi connectivity index (χ3n) is 5.10. The first-order chi connectivity index (χ1) is 14.7. The number of hydrogen-bond donors (Lipinski definition) is 1. The first kappa shape index (κ1) is 20.4. The minimum Gasteiger partial charge on any atom is -0.459 e. The van der Waals surface area contributed by atoms with Crippen LogP contribution in [0.25, 0.3) is 11.0 Å². The lowest BCUT2D eigenvalue weighted by atomic mass is 10.1. The summed E-state index contributed by atoms with van der Waals surface area (Å²) in [6.07, 6.45) is 5.41. The molecule has 0 saturated heterocycles. The van der Waals surface area contributed by atoms with Crippen LogP contribution in [-0.2, 0) is 13.0 Å². The van der Waals surface area contributed by atoms with E-state index in [2.05, 4.69) is 68.3 Å². The maximum atomic E-state index is 11.9. The summed E-state index contributed by atoms with van der Waals surface area (Å²) in [6.45, 7) is 1.46. The summed E-state index contributed by atoms with van der Waals surface area (Å²) in [7, 11) is 0. The van der Waals surface area contributed by atoms with Crippen LogP contribution in [0.5, 0.6) is 0 Å². The molecule has 0 fully saturated rings. The molecule has 4 aromatic rings. The summed E-state index contributed by atoms with van der Waals surface area (Å²) < 4.78 is 8.50. The molecule has 0 bridgehead atoms. The van der Waals surface area contributed by atoms with E-state index in [9.17, 15) is 4.79 Å². The van der Waals surface area contributed by atoms with Gasteiger partial charge in [0.2, 0.25) is 0 Å². The second-order valence-electron chi connectivity index (χ2n) is 7.27. The molecule has 0 aliphatic heterocycles. The molecule has 0 aliphatic carbocycles. The predicted octanol–water partition coefficient (Wildman–Crippen LogP) is 5.58. The maximum Gasteiger partial charge on any atom is 0.286 e. The number of benzene rings is 2. The lowest BCUT2D eigenvalue weighted by Gasteiger charge is -2.10. The van der Waals surface area contributed by atoms with E-state index in [0.29, 0.717) is 12.3 Å². The summed E-state index contributed by atoms with van der Waals surface area (Å²) in [5, 5.41) is 2.90. The second-order valence-corrected chi connectivity index (χ2v) is 8.19. The Morgan fingerprint density at radius 2 is 1.83 bits per heavy atom. The van der Waals surface area contributed by atoms with Crippen LogP contribution in [-0.4, -0.2) is 22.0 Å². The zero-order valence-corrected chi connectivity index (χ0v) is 18.3. The highest BCUT2D eigenvalue weighted by molar-refractivity contribution is 9.10. The molecule has 0 atom stereocenters. The normalized spacial score (nSPS) is 11.1. The fourth-order valence-electron chi connectivity index (χ4n) is 3.55. The number of unbranched alkanes of at least 4 members (excludes halogenated alkanes) is 2. The number of carbonyl (C=O) groups is 1. The number of amides is 1. The molecule has 6 heteroatoms. The highest BCUT2D eigenvalue weighted by Crippen LogP contribution is 2.20. The monoisotopic (exact) mass is 465 g/mol. The van der Waals surface area contributed by atoms with Gasteiger partial charge in [-0.05, 0) is 54.8 Å². The molecule has 4 rings (SSSR count). The molecule has 5 nitrogen and oxygen atoms in total. The number of aromatic nitrogens is 2.